The van der Waals surface area contributed by atoms with Gasteiger partial charge in [-0.05, 0) is 32.3 Å². The van der Waals surface area contributed by atoms with Crippen molar-refractivity contribution < 1.29 is 4.79 Å². The van der Waals surface area contributed by atoms with E-state index in [-0.39, 0.29) is 23.6 Å². The van der Waals surface area contributed by atoms with Crippen molar-refractivity contribution in [3.05, 3.63) is 46.9 Å². The Morgan fingerprint density at radius 1 is 1.19 bits per heavy atom. The molecule has 0 spiro atoms. The molecule has 2 unspecified atom stereocenters. The van der Waals surface area contributed by atoms with Crippen LogP contribution in [0.2, 0.25) is 0 Å². The standard InChI is InChI=1S/C19H23N5O2/c1-12(2)22-19(26)23-8-13-5-14(10-23)18-16(15-6-20-11-21-7-15)3-4-17(25)24(18)9-13/h3-4,6-7,11-14H,5,8-10H2,1-2H3,(H,22,26). The molecule has 2 aliphatic heterocycles. The summed E-state index contributed by atoms with van der Waals surface area (Å²) in [5.74, 6) is 0.448. The number of likely N-dealkylation sites (tertiary alicyclic amines) is 1. The molecule has 7 heteroatoms. The summed E-state index contributed by atoms with van der Waals surface area (Å²) in [4.78, 5) is 35.1. The van der Waals surface area contributed by atoms with E-state index in [4.69, 9.17) is 0 Å². The number of amides is 2. The quantitative estimate of drug-likeness (QED) is 0.893. The van der Waals surface area contributed by atoms with Crippen molar-refractivity contribution >= 4 is 6.03 Å². The van der Waals surface area contributed by atoms with Gasteiger partial charge in [0, 0.05) is 66.9 Å². The molecule has 4 rings (SSSR count). The molecule has 1 saturated heterocycles. The fourth-order valence-electron chi connectivity index (χ4n) is 4.20. The van der Waals surface area contributed by atoms with Gasteiger partial charge in [-0.2, -0.15) is 0 Å². The molecule has 2 amide bonds. The average Bonchev–Trinajstić information content (AvgIpc) is 2.62. The molecular weight excluding hydrogens is 330 g/mol. The number of piperidine rings is 1. The van der Waals surface area contributed by atoms with Gasteiger partial charge >= 0.3 is 6.03 Å². The molecule has 0 saturated carbocycles. The second-order valence-corrected chi connectivity index (χ2v) is 7.52. The fraction of sp³-hybridized carbons (Fsp3) is 0.474. The number of urea groups is 1. The van der Waals surface area contributed by atoms with E-state index in [0.717, 1.165) is 23.2 Å². The molecule has 0 aliphatic carbocycles. The second kappa shape index (κ2) is 6.55. The molecular formula is C19H23N5O2. The summed E-state index contributed by atoms with van der Waals surface area (Å²) in [5, 5.41) is 2.98. The minimum absolute atomic E-state index is 0.0222. The highest BCUT2D eigenvalue weighted by atomic mass is 16.2. The number of rotatable bonds is 2. The molecule has 2 aliphatic rings. The number of pyridine rings is 1. The molecule has 0 aromatic carbocycles. The van der Waals surface area contributed by atoms with Gasteiger partial charge < -0.3 is 14.8 Å². The number of hydrogen-bond acceptors (Lipinski definition) is 4. The Balaban J connectivity index is 1.73. The maximum absolute atomic E-state index is 12.5. The van der Waals surface area contributed by atoms with E-state index in [0.29, 0.717) is 25.6 Å². The summed E-state index contributed by atoms with van der Waals surface area (Å²) in [6.45, 7) is 5.90. The third-order valence-electron chi connectivity index (χ3n) is 5.16. The number of hydrogen-bond donors (Lipinski definition) is 1. The van der Waals surface area contributed by atoms with Gasteiger partial charge in [-0.3, -0.25) is 4.79 Å². The third-order valence-corrected chi connectivity index (χ3v) is 5.16. The Kier molecular flexibility index (Phi) is 4.22. The topological polar surface area (TPSA) is 80.1 Å². The van der Waals surface area contributed by atoms with Crippen molar-refractivity contribution in [1.82, 2.24) is 24.8 Å². The van der Waals surface area contributed by atoms with Crippen LogP contribution in [0.1, 0.15) is 31.9 Å². The first-order valence-corrected chi connectivity index (χ1v) is 9.07. The number of fused-ring (bicyclic) bond motifs is 4. The molecule has 136 valence electrons. The molecule has 0 radical (unpaired) electrons. The monoisotopic (exact) mass is 353 g/mol. The van der Waals surface area contributed by atoms with Crippen molar-refractivity contribution in [2.24, 2.45) is 5.92 Å². The highest BCUT2D eigenvalue weighted by Crippen LogP contribution is 2.39. The van der Waals surface area contributed by atoms with E-state index in [2.05, 4.69) is 15.3 Å². The van der Waals surface area contributed by atoms with Crippen LogP contribution in [-0.4, -0.2) is 44.6 Å². The van der Waals surface area contributed by atoms with Crippen LogP contribution in [0.25, 0.3) is 11.1 Å². The van der Waals surface area contributed by atoms with Crippen molar-refractivity contribution in [3.63, 3.8) is 0 Å². The zero-order valence-electron chi connectivity index (χ0n) is 15.1. The van der Waals surface area contributed by atoms with Crippen LogP contribution in [-0.2, 0) is 6.54 Å². The Morgan fingerprint density at radius 3 is 2.69 bits per heavy atom. The van der Waals surface area contributed by atoms with Gasteiger partial charge in [0.05, 0.1) is 0 Å². The van der Waals surface area contributed by atoms with Crippen LogP contribution in [0.4, 0.5) is 4.79 Å². The molecule has 2 aromatic rings. The number of nitrogens with one attached hydrogen (secondary N) is 1. The van der Waals surface area contributed by atoms with E-state index in [9.17, 15) is 9.59 Å². The van der Waals surface area contributed by atoms with Crippen LogP contribution in [0.15, 0.2) is 35.6 Å². The van der Waals surface area contributed by atoms with Crippen molar-refractivity contribution in [3.8, 4) is 11.1 Å². The zero-order chi connectivity index (χ0) is 18.3. The van der Waals surface area contributed by atoms with Crippen molar-refractivity contribution in [2.45, 2.75) is 38.8 Å². The lowest BCUT2D eigenvalue weighted by Crippen LogP contribution is -2.53. The average molecular weight is 353 g/mol. The smallest absolute Gasteiger partial charge is 0.317 e. The summed E-state index contributed by atoms with van der Waals surface area (Å²) in [7, 11) is 0. The van der Waals surface area contributed by atoms with E-state index in [1.54, 1.807) is 18.5 Å². The second-order valence-electron chi connectivity index (χ2n) is 7.52. The summed E-state index contributed by atoms with van der Waals surface area (Å²) < 4.78 is 1.89. The minimum Gasteiger partial charge on any atom is -0.336 e. The van der Waals surface area contributed by atoms with Gasteiger partial charge in [-0.15, -0.1) is 0 Å². The summed E-state index contributed by atoms with van der Waals surface area (Å²) >= 11 is 0. The summed E-state index contributed by atoms with van der Waals surface area (Å²) in [6, 6.07) is 3.57. The minimum atomic E-state index is -0.0222. The lowest BCUT2D eigenvalue weighted by atomic mass is 9.81. The summed E-state index contributed by atoms with van der Waals surface area (Å²) in [5.41, 5.74) is 2.92. The predicted octanol–water partition coefficient (Wildman–Crippen LogP) is 1.84. The Morgan fingerprint density at radius 2 is 1.96 bits per heavy atom. The van der Waals surface area contributed by atoms with Gasteiger partial charge in [-0.25, -0.2) is 14.8 Å². The molecule has 26 heavy (non-hydrogen) atoms. The highest BCUT2D eigenvalue weighted by Gasteiger charge is 2.37. The normalized spacial score (nSPS) is 21.4. The van der Waals surface area contributed by atoms with Crippen LogP contribution in [0.5, 0.6) is 0 Å². The van der Waals surface area contributed by atoms with Gasteiger partial charge in [0.25, 0.3) is 5.56 Å². The first-order valence-electron chi connectivity index (χ1n) is 9.07. The van der Waals surface area contributed by atoms with Crippen LogP contribution in [0, 0.1) is 5.92 Å². The Hall–Kier alpha value is -2.70. The zero-order valence-corrected chi connectivity index (χ0v) is 15.1. The first kappa shape index (κ1) is 16.8. The lowest BCUT2D eigenvalue weighted by Gasteiger charge is -2.43. The molecule has 2 bridgehead atoms. The van der Waals surface area contributed by atoms with E-state index >= 15 is 0 Å². The highest BCUT2D eigenvalue weighted by molar-refractivity contribution is 5.75. The molecule has 4 heterocycles. The SMILES string of the molecule is CC(C)NC(=O)N1CC2CC(C1)c1c(-c3cncnc3)ccc(=O)n1C2. The van der Waals surface area contributed by atoms with E-state index < -0.39 is 0 Å². The number of aromatic nitrogens is 3. The van der Waals surface area contributed by atoms with Gasteiger partial charge in [0.15, 0.2) is 0 Å². The maximum atomic E-state index is 12.5. The number of nitrogens with zero attached hydrogens (tertiary/aromatic N) is 4. The van der Waals surface area contributed by atoms with Gasteiger partial charge in [-0.1, -0.05) is 0 Å². The molecule has 2 aromatic heterocycles. The first-order chi connectivity index (χ1) is 12.5. The van der Waals surface area contributed by atoms with Crippen LogP contribution >= 0.6 is 0 Å². The molecule has 2 atom stereocenters. The van der Waals surface area contributed by atoms with Crippen LogP contribution in [0.3, 0.4) is 0 Å². The van der Waals surface area contributed by atoms with E-state index in [1.165, 1.54) is 6.33 Å². The Labute approximate surface area is 152 Å². The number of carbonyl (C=O) groups excluding carboxylic acids is 1. The van der Waals surface area contributed by atoms with Crippen LogP contribution < -0.4 is 10.9 Å². The molecule has 7 nitrogen and oxygen atoms in total. The third kappa shape index (κ3) is 2.98. The number of carbonyl (C=O) groups is 1. The Bertz CT molecular complexity index is 877. The van der Waals surface area contributed by atoms with Crippen molar-refractivity contribution in [2.75, 3.05) is 13.1 Å². The molecule has 1 fully saturated rings. The fourth-order valence-corrected chi connectivity index (χ4v) is 4.20. The van der Waals surface area contributed by atoms with Crippen molar-refractivity contribution in [1.29, 1.82) is 0 Å². The largest absolute Gasteiger partial charge is 0.336 e. The van der Waals surface area contributed by atoms with Gasteiger partial charge in [0.1, 0.15) is 6.33 Å². The van der Waals surface area contributed by atoms with Gasteiger partial charge in [0.2, 0.25) is 0 Å². The van der Waals surface area contributed by atoms with E-state index in [1.807, 2.05) is 29.4 Å². The predicted molar refractivity (Wildman–Crippen MR) is 97.8 cm³/mol. The lowest BCUT2D eigenvalue weighted by molar-refractivity contribution is 0.130. The summed E-state index contributed by atoms with van der Waals surface area (Å²) in [6.07, 6.45) is 6.03. The molecule has 1 N–H and O–H groups in total. The maximum Gasteiger partial charge on any atom is 0.317 e.